The molecule has 0 atom stereocenters. The van der Waals surface area contributed by atoms with Crippen LogP contribution in [0, 0.1) is 6.92 Å². The van der Waals surface area contributed by atoms with Crippen LogP contribution in [0.1, 0.15) is 34.3 Å². The quantitative estimate of drug-likeness (QED) is 0.911. The third-order valence-electron chi connectivity index (χ3n) is 4.58. The Hall–Kier alpha value is -1.65. The average Bonchev–Trinajstić information content (AvgIpc) is 3.01. The third kappa shape index (κ3) is 4.43. The van der Waals surface area contributed by atoms with Crippen LogP contribution in [0.5, 0.6) is 0 Å². The topological polar surface area (TPSA) is 32.3 Å². The van der Waals surface area contributed by atoms with Crippen molar-refractivity contribution in [2.75, 3.05) is 19.6 Å². The molecule has 1 fully saturated rings. The van der Waals surface area contributed by atoms with Crippen LogP contribution in [0.4, 0.5) is 0 Å². The van der Waals surface area contributed by atoms with Gasteiger partial charge in [-0.2, -0.15) is 11.3 Å². The van der Waals surface area contributed by atoms with Gasteiger partial charge < -0.3 is 10.2 Å². The molecule has 1 amide bonds. The fourth-order valence-corrected chi connectivity index (χ4v) is 3.92. The van der Waals surface area contributed by atoms with E-state index in [-0.39, 0.29) is 5.91 Å². The number of benzene rings is 1. The molecule has 0 aliphatic carbocycles. The normalized spacial score (nSPS) is 16.4. The molecule has 1 aromatic heterocycles. The van der Waals surface area contributed by atoms with Gasteiger partial charge in [0, 0.05) is 31.1 Å². The number of nitrogens with one attached hydrogen (secondary N) is 1. The molecule has 0 saturated carbocycles. The molecule has 0 unspecified atom stereocenters. The van der Waals surface area contributed by atoms with Crippen molar-refractivity contribution >= 4 is 17.2 Å². The zero-order valence-electron chi connectivity index (χ0n) is 13.6. The molecular formula is C19H24N2OS. The maximum absolute atomic E-state index is 12.3. The van der Waals surface area contributed by atoms with Gasteiger partial charge in [-0.05, 0) is 42.7 Å². The summed E-state index contributed by atoms with van der Waals surface area (Å²) in [6.45, 7) is 5.24. The second-order valence-corrected chi connectivity index (χ2v) is 7.04. The fourth-order valence-electron chi connectivity index (χ4n) is 3.09. The number of amides is 1. The molecule has 2 heterocycles. The molecule has 1 saturated heterocycles. The third-order valence-corrected chi connectivity index (χ3v) is 5.44. The van der Waals surface area contributed by atoms with Gasteiger partial charge in [0.05, 0.1) is 5.56 Å². The van der Waals surface area contributed by atoms with Gasteiger partial charge in [-0.3, -0.25) is 4.79 Å². The van der Waals surface area contributed by atoms with Crippen LogP contribution in [0.2, 0.25) is 0 Å². The molecule has 1 aromatic carbocycles. The molecule has 0 spiro atoms. The Labute approximate surface area is 142 Å². The molecule has 4 heteroatoms. The molecule has 23 heavy (non-hydrogen) atoms. The molecule has 122 valence electrons. The van der Waals surface area contributed by atoms with Gasteiger partial charge in [0.25, 0.3) is 5.91 Å². The first-order valence-corrected chi connectivity index (χ1v) is 9.26. The number of nitrogens with zero attached hydrogens (tertiary/aromatic N) is 1. The molecule has 1 aliphatic rings. The maximum Gasteiger partial charge on any atom is 0.252 e. The predicted molar refractivity (Wildman–Crippen MR) is 96.1 cm³/mol. The number of likely N-dealkylation sites (tertiary alicyclic amines) is 1. The van der Waals surface area contributed by atoms with E-state index in [0.717, 1.165) is 50.0 Å². The minimum Gasteiger partial charge on any atom is -0.349 e. The van der Waals surface area contributed by atoms with Crippen LogP contribution in [0.3, 0.4) is 0 Å². The Balaban J connectivity index is 1.42. The van der Waals surface area contributed by atoms with E-state index >= 15 is 0 Å². The lowest BCUT2D eigenvalue weighted by molar-refractivity contribution is 0.0911. The monoisotopic (exact) mass is 328 g/mol. The van der Waals surface area contributed by atoms with Crippen LogP contribution in [-0.2, 0) is 6.42 Å². The second-order valence-electron chi connectivity index (χ2n) is 6.29. The first-order chi connectivity index (χ1) is 11.2. The van der Waals surface area contributed by atoms with E-state index in [9.17, 15) is 4.79 Å². The van der Waals surface area contributed by atoms with E-state index in [1.54, 1.807) is 11.3 Å². The molecule has 3 rings (SSSR count). The number of hydrogen-bond donors (Lipinski definition) is 1. The zero-order chi connectivity index (χ0) is 16.1. The van der Waals surface area contributed by atoms with E-state index < -0.39 is 0 Å². The van der Waals surface area contributed by atoms with Crippen LogP contribution < -0.4 is 5.32 Å². The highest BCUT2D eigenvalue weighted by Gasteiger charge is 2.21. The number of piperidine rings is 1. The summed E-state index contributed by atoms with van der Waals surface area (Å²) in [5.41, 5.74) is 3.31. The van der Waals surface area contributed by atoms with Crippen molar-refractivity contribution in [3.63, 3.8) is 0 Å². The van der Waals surface area contributed by atoms with Gasteiger partial charge in [-0.1, -0.05) is 30.3 Å². The first-order valence-electron chi connectivity index (χ1n) is 8.32. The Morgan fingerprint density at radius 1 is 1.22 bits per heavy atom. The van der Waals surface area contributed by atoms with Crippen molar-refractivity contribution in [3.8, 4) is 0 Å². The van der Waals surface area contributed by atoms with Gasteiger partial charge in [-0.15, -0.1) is 0 Å². The van der Waals surface area contributed by atoms with Crippen LogP contribution in [0.15, 0.2) is 41.1 Å². The van der Waals surface area contributed by atoms with E-state index in [1.807, 2.05) is 17.7 Å². The molecule has 3 nitrogen and oxygen atoms in total. The van der Waals surface area contributed by atoms with E-state index in [4.69, 9.17) is 0 Å². The van der Waals surface area contributed by atoms with Crippen molar-refractivity contribution in [3.05, 3.63) is 57.8 Å². The highest BCUT2D eigenvalue weighted by atomic mass is 32.1. The maximum atomic E-state index is 12.3. The van der Waals surface area contributed by atoms with Crippen LogP contribution >= 0.6 is 11.3 Å². The summed E-state index contributed by atoms with van der Waals surface area (Å²) in [4.78, 5) is 14.8. The standard InChI is InChI=1S/C19H24N2OS/c1-15-13-23-14-18(15)19(22)20-17-8-11-21(12-9-17)10-7-16-5-3-2-4-6-16/h2-6,13-14,17H,7-12H2,1H3,(H,20,22). The largest absolute Gasteiger partial charge is 0.349 e. The van der Waals surface area contributed by atoms with Gasteiger partial charge in [-0.25, -0.2) is 0 Å². The van der Waals surface area contributed by atoms with Gasteiger partial charge in [0.15, 0.2) is 0 Å². The lowest BCUT2D eigenvalue weighted by Crippen LogP contribution is -2.45. The lowest BCUT2D eigenvalue weighted by Gasteiger charge is -2.32. The molecule has 0 radical (unpaired) electrons. The summed E-state index contributed by atoms with van der Waals surface area (Å²) in [6, 6.07) is 11.0. The van der Waals surface area contributed by atoms with Crippen molar-refractivity contribution in [1.29, 1.82) is 0 Å². The van der Waals surface area contributed by atoms with Crippen LogP contribution in [0.25, 0.3) is 0 Å². The molecular weight excluding hydrogens is 304 g/mol. The van der Waals surface area contributed by atoms with E-state index in [0.29, 0.717) is 6.04 Å². The summed E-state index contributed by atoms with van der Waals surface area (Å²) < 4.78 is 0. The SMILES string of the molecule is Cc1cscc1C(=O)NC1CCN(CCc2ccccc2)CC1. The number of thiophene rings is 1. The second kappa shape index (κ2) is 7.75. The minimum absolute atomic E-state index is 0.0893. The lowest BCUT2D eigenvalue weighted by atomic mass is 10.0. The summed E-state index contributed by atoms with van der Waals surface area (Å²) in [5.74, 6) is 0.0893. The molecule has 0 bridgehead atoms. The van der Waals surface area contributed by atoms with E-state index in [1.165, 1.54) is 5.56 Å². The Morgan fingerprint density at radius 2 is 1.96 bits per heavy atom. The van der Waals surface area contributed by atoms with Crippen LogP contribution in [-0.4, -0.2) is 36.5 Å². The molecule has 2 aromatic rings. The van der Waals surface area contributed by atoms with Crippen molar-refractivity contribution < 1.29 is 4.79 Å². The number of rotatable bonds is 5. The predicted octanol–water partition coefficient (Wildman–Crippen LogP) is 3.49. The van der Waals surface area contributed by atoms with Gasteiger partial charge in [0.1, 0.15) is 0 Å². The fraction of sp³-hybridized carbons (Fsp3) is 0.421. The Kier molecular flexibility index (Phi) is 5.47. The number of aryl methyl sites for hydroxylation is 1. The van der Waals surface area contributed by atoms with Crippen molar-refractivity contribution in [1.82, 2.24) is 10.2 Å². The highest BCUT2D eigenvalue weighted by Crippen LogP contribution is 2.16. The first kappa shape index (κ1) is 16.2. The Bertz CT molecular complexity index is 630. The van der Waals surface area contributed by atoms with Gasteiger partial charge >= 0.3 is 0 Å². The average molecular weight is 328 g/mol. The molecule has 1 N–H and O–H groups in total. The minimum atomic E-state index is 0.0893. The van der Waals surface area contributed by atoms with E-state index in [2.05, 4.69) is 40.5 Å². The molecule has 1 aliphatic heterocycles. The Morgan fingerprint density at radius 3 is 2.61 bits per heavy atom. The van der Waals surface area contributed by atoms with Crippen molar-refractivity contribution in [2.24, 2.45) is 0 Å². The summed E-state index contributed by atoms with van der Waals surface area (Å²) >= 11 is 1.59. The summed E-state index contributed by atoms with van der Waals surface area (Å²) in [5, 5.41) is 7.17. The summed E-state index contributed by atoms with van der Waals surface area (Å²) in [7, 11) is 0. The number of carbonyl (C=O) groups excluding carboxylic acids is 1. The highest BCUT2D eigenvalue weighted by molar-refractivity contribution is 7.08. The van der Waals surface area contributed by atoms with Gasteiger partial charge in [0.2, 0.25) is 0 Å². The van der Waals surface area contributed by atoms with Crippen molar-refractivity contribution in [2.45, 2.75) is 32.2 Å². The smallest absolute Gasteiger partial charge is 0.252 e. The number of hydrogen-bond acceptors (Lipinski definition) is 3. The summed E-state index contributed by atoms with van der Waals surface area (Å²) in [6.07, 6.45) is 3.19. The zero-order valence-corrected chi connectivity index (χ0v) is 14.4. The number of carbonyl (C=O) groups is 1.